The molecule has 0 amide bonds. The molecule has 0 N–H and O–H groups in total. The van der Waals surface area contributed by atoms with Crippen LogP contribution in [-0.2, 0) is 24.2 Å². The van der Waals surface area contributed by atoms with Crippen molar-refractivity contribution in [1.82, 2.24) is 0 Å². The van der Waals surface area contributed by atoms with E-state index in [1.807, 2.05) is 0 Å². The molecule has 1 aliphatic rings. The molecule has 0 heterocycles. The van der Waals surface area contributed by atoms with E-state index in [1.165, 1.54) is 35.9 Å². The molecule has 1 aliphatic carbocycles. The third-order valence-corrected chi connectivity index (χ3v) is 4.06. The molecule has 1 unspecified atom stereocenters. The van der Waals surface area contributed by atoms with Crippen LogP contribution < -0.4 is 24.8 Å². The second kappa shape index (κ2) is 9.72. The number of benzene rings is 2. The van der Waals surface area contributed by atoms with E-state index in [0.29, 0.717) is 5.92 Å². The van der Waals surface area contributed by atoms with E-state index < -0.39 is 0 Å². The Morgan fingerprint density at radius 3 is 2.24 bits per heavy atom. The summed E-state index contributed by atoms with van der Waals surface area (Å²) in [5.74, 6) is 0.431. The smallest absolute Gasteiger partial charge is 1.00 e. The van der Waals surface area contributed by atoms with Gasteiger partial charge in [0.2, 0.25) is 0 Å². The van der Waals surface area contributed by atoms with Crippen LogP contribution in [0.2, 0.25) is 0 Å². The van der Waals surface area contributed by atoms with Gasteiger partial charge in [-0.25, -0.2) is 0 Å². The molecule has 4 rings (SSSR count). The molecule has 0 aliphatic heterocycles. The van der Waals surface area contributed by atoms with Gasteiger partial charge in [-0.3, -0.25) is 0 Å². The maximum atomic E-state index is 2.34. The molecule has 0 saturated carbocycles. The molecule has 0 radical (unpaired) electrons. The predicted octanol–water partition coefficient (Wildman–Crippen LogP) is 0.0650. The minimum atomic E-state index is 0. The van der Waals surface area contributed by atoms with Gasteiger partial charge in [0.15, 0.2) is 0 Å². The Bertz CT molecular complexity index is 928. The first kappa shape index (κ1) is 22.2. The van der Waals surface area contributed by atoms with Crippen LogP contribution in [0.25, 0.3) is 21.5 Å². The zero-order valence-electron chi connectivity index (χ0n) is 14.7. The van der Waals surface area contributed by atoms with Gasteiger partial charge in [0.05, 0.1) is 0 Å². The van der Waals surface area contributed by atoms with Gasteiger partial charge >= 0.3 is 41.3 Å². The Morgan fingerprint density at radius 2 is 1.60 bits per heavy atom. The van der Waals surface area contributed by atoms with Crippen LogP contribution in [0.3, 0.4) is 0 Å². The van der Waals surface area contributed by atoms with Crippen molar-refractivity contribution < 1.29 is 49.0 Å². The minimum Gasteiger partial charge on any atom is -1.00 e. The summed E-state index contributed by atoms with van der Waals surface area (Å²) in [6, 6.07) is 17.6. The summed E-state index contributed by atoms with van der Waals surface area (Å²) in [6.07, 6.45) is 6.85. The summed E-state index contributed by atoms with van der Waals surface area (Å²) in [5, 5.41) is 5.47. The van der Waals surface area contributed by atoms with Crippen LogP contribution in [0.4, 0.5) is 0 Å². The van der Waals surface area contributed by atoms with Crippen molar-refractivity contribution in [3.63, 3.8) is 0 Å². The number of allylic oxidation sites excluding steroid dienone is 4. The maximum Gasteiger partial charge on any atom is -1.00 e. The van der Waals surface area contributed by atoms with Gasteiger partial charge in [0.25, 0.3) is 0 Å². The summed E-state index contributed by atoms with van der Waals surface area (Å²) >= 11 is 1.55. The van der Waals surface area contributed by atoms with Crippen LogP contribution in [0, 0.1) is 0 Å². The molecule has 0 nitrogen and oxygen atoms in total. The van der Waals surface area contributed by atoms with Gasteiger partial charge in [0.1, 0.15) is 0 Å². The van der Waals surface area contributed by atoms with Crippen molar-refractivity contribution in [2.45, 2.75) is 26.7 Å². The Hall–Kier alpha value is -0.877. The van der Waals surface area contributed by atoms with Crippen molar-refractivity contribution in [2.24, 2.45) is 0 Å². The quantitative estimate of drug-likeness (QED) is 0.463. The molecular weight excluding hydrogens is 426 g/mol. The summed E-state index contributed by atoms with van der Waals surface area (Å²) in [4.78, 5) is 0. The second-order valence-corrected chi connectivity index (χ2v) is 8.79. The predicted molar refractivity (Wildman–Crippen MR) is 99.0 cm³/mol. The van der Waals surface area contributed by atoms with E-state index in [0.717, 1.165) is 0 Å². The number of fused-ring (bicyclic) bond motifs is 3. The molecular formula is C22H21Cl2Zr-. The van der Waals surface area contributed by atoms with Gasteiger partial charge in [-0.15, -0.1) is 33.7 Å². The normalized spacial score (nSPS) is 15.1. The number of rotatable bonds is 1. The number of halogens is 2. The molecule has 1 atom stereocenters. The summed E-state index contributed by atoms with van der Waals surface area (Å²) in [5.41, 5.74) is 2.78. The summed E-state index contributed by atoms with van der Waals surface area (Å²) in [7, 11) is 0. The molecule has 0 saturated heterocycles. The van der Waals surface area contributed by atoms with Gasteiger partial charge in [-0.2, -0.15) is 0 Å². The number of hydrogen-bond acceptors (Lipinski definition) is 0. The third-order valence-electron chi connectivity index (χ3n) is 4.06. The average Bonchev–Trinajstić information content (AvgIpc) is 3.10. The van der Waals surface area contributed by atoms with E-state index >= 15 is 0 Å². The summed E-state index contributed by atoms with van der Waals surface area (Å²) < 4.78 is 1.51. The Kier molecular flexibility index (Phi) is 8.62. The molecule has 0 fully saturated rings. The second-order valence-electron chi connectivity index (χ2n) is 6.34. The van der Waals surface area contributed by atoms with Crippen molar-refractivity contribution >= 4 is 24.8 Å². The van der Waals surface area contributed by atoms with Crippen LogP contribution in [0.1, 0.15) is 32.3 Å². The molecule has 25 heavy (non-hydrogen) atoms. The van der Waals surface area contributed by atoms with Crippen LogP contribution in [0.5, 0.6) is 0 Å². The standard InChI is InChI=1S/C19H15.C3H6.2ClH.Zr/c1-13-9-10-15(11-13)17-7-4-8-18-16-6-3-2-5-14(16)12-19(17)18;1-3-2;;;/h2-12,15H,1H3;1-2H3;2*1H;/q-1;;;;+2/p-2. The Balaban J connectivity index is 0.000000476. The van der Waals surface area contributed by atoms with E-state index in [-0.39, 0.29) is 24.8 Å². The molecule has 0 aromatic heterocycles. The van der Waals surface area contributed by atoms with E-state index in [2.05, 4.69) is 87.5 Å². The average molecular weight is 448 g/mol. The monoisotopic (exact) mass is 445 g/mol. The number of hydrogen-bond donors (Lipinski definition) is 0. The first-order valence-corrected chi connectivity index (χ1v) is 9.24. The zero-order valence-corrected chi connectivity index (χ0v) is 18.7. The van der Waals surface area contributed by atoms with E-state index in [4.69, 9.17) is 0 Å². The van der Waals surface area contributed by atoms with Crippen molar-refractivity contribution in [1.29, 1.82) is 0 Å². The first-order valence-electron chi connectivity index (χ1n) is 8.01. The Morgan fingerprint density at radius 1 is 0.960 bits per heavy atom. The van der Waals surface area contributed by atoms with E-state index in [1.54, 1.807) is 24.2 Å². The van der Waals surface area contributed by atoms with Crippen LogP contribution in [-0.4, -0.2) is 3.21 Å². The van der Waals surface area contributed by atoms with Crippen LogP contribution in [0.15, 0.2) is 72.3 Å². The largest absolute Gasteiger partial charge is 1.00 e. The fourth-order valence-electron chi connectivity index (χ4n) is 3.14. The summed E-state index contributed by atoms with van der Waals surface area (Å²) in [6.45, 7) is 6.41. The van der Waals surface area contributed by atoms with E-state index in [9.17, 15) is 0 Å². The van der Waals surface area contributed by atoms with Gasteiger partial charge in [-0.05, 0) is 12.8 Å². The van der Waals surface area contributed by atoms with Crippen molar-refractivity contribution in [2.75, 3.05) is 0 Å². The van der Waals surface area contributed by atoms with Gasteiger partial charge < -0.3 is 24.8 Å². The minimum absolute atomic E-state index is 0. The van der Waals surface area contributed by atoms with Gasteiger partial charge in [0, 0.05) is 0 Å². The molecule has 3 aromatic carbocycles. The molecule has 3 aromatic rings. The first-order chi connectivity index (χ1) is 11.1. The topological polar surface area (TPSA) is 0 Å². The molecule has 0 spiro atoms. The van der Waals surface area contributed by atoms with Crippen molar-refractivity contribution in [3.05, 3.63) is 77.9 Å². The SMILES string of the molecule is CC1=CC(c2cccc3c2[cH-]c2ccccc23)C=C1.C[C](C)=[Zr+2].[Cl-].[Cl-]. The van der Waals surface area contributed by atoms with Crippen LogP contribution >= 0.6 is 0 Å². The maximum absolute atomic E-state index is 2.34. The zero-order chi connectivity index (χ0) is 16.4. The fraction of sp³-hybridized carbons (Fsp3) is 0.182. The van der Waals surface area contributed by atoms with Crippen molar-refractivity contribution in [3.8, 4) is 0 Å². The third kappa shape index (κ3) is 5.07. The van der Waals surface area contributed by atoms with Gasteiger partial charge in [-0.1, -0.05) is 65.8 Å². The molecule has 0 bridgehead atoms. The fourth-order valence-corrected chi connectivity index (χ4v) is 3.14. The molecule has 3 heteroatoms. The Labute approximate surface area is 177 Å². The molecule has 128 valence electrons.